The molecule has 0 fully saturated rings. The Balaban J connectivity index is 2.27. The zero-order valence-electron chi connectivity index (χ0n) is 14.3. The number of nitrogens with zero attached hydrogens (tertiary/aromatic N) is 1. The van der Waals surface area contributed by atoms with E-state index < -0.39 is 9.84 Å². The van der Waals surface area contributed by atoms with Gasteiger partial charge in [0.1, 0.15) is 9.84 Å². The van der Waals surface area contributed by atoms with Gasteiger partial charge in [-0.3, -0.25) is 4.99 Å². The Morgan fingerprint density at radius 1 is 1.30 bits per heavy atom. The van der Waals surface area contributed by atoms with Crippen molar-refractivity contribution >= 4 is 27.6 Å². The van der Waals surface area contributed by atoms with Crippen molar-refractivity contribution in [3.05, 3.63) is 29.8 Å². The number of hydrogen-bond acceptors (Lipinski definition) is 4. The van der Waals surface area contributed by atoms with Crippen molar-refractivity contribution in [1.29, 1.82) is 0 Å². The third kappa shape index (κ3) is 9.50. The van der Waals surface area contributed by atoms with Crippen LogP contribution in [0.3, 0.4) is 0 Å². The van der Waals surface area contributed by atoms with E-state index in [4.69, 9.17) is 0 Å². The second-order valence-corrected chi connectivity index (χ2v) is 9.05. The van der Waals surface area contributed by atoms with Gasteiger partial charge in [0, 0.05) is 36.5 Å². The first kappa shape index (κ1) is 19.8. The summed E-state index contributed by atoms with van der Waals surface area (Å²) in [5, 5.41) is 6.46. The minimum Gasteiger partial charge on any atom is -0.356 e. The molecule has 1 aromatic carbocycles. The molecule has 1 atom stereocenters. The van der Waals surface area contributed by atoms with Gasteiger partial charge in [0.05, 0.1) is 5.75 Å². The third-order valence-corrected chi connectivity index (χ3v) is 5.20. The molecule has 7 heteroatoms. The standard InChI is InChI=1S/C16H27N3O2S2/c1-13-5-7-15(8-6-13)22-11-10-18-16(17-3)19-14(2)9-12-23(4,20)21/h5-8,14H,9-12H2,1-4H3,(H2,17,18,19). The number of sulfone groups is 1. The number of benzene rings is 1. The molecule has 130 valence electrons. The van der Waals surface area contributed by atoms with E-state index in [0.717, 1.165) is 12.3 Å². The number of hydrogen-bond donors (Lipinski definition) is 2. The average Bonchev–Trinajstić information content (AvgIpc) is 2.49. The number of aryl methyl sites for hydroxylation is 1. The zero-order chi connectivity index (χ0) is 17.3. The van der Waals surface area contributed by atoms with Crippen LogP contribution in [-0.4, -0.2) is 51.8 Å². The number of thioether (sulfide) groups is 1. The van der Waals surface area contributed by atoms with Gasteiger partial charge in [-0.05, 0) is 32.4 Å². The summed E-state index contributed by atoms with van der Waals surface area (Å²) in [6.45, 7) is 4.83. The first-order valence-electron chi connectivity index (χ1n) is 7.64. The molecule has 1 rings (SSSR count). The van der Waals surface area contributed by atoms with Crippen molar-refractivity contribution < 1.29 is 8.42 Å². The molecular weight excluding hydrogens is 330 g/mol. The fourth-order valence-electron chi connectivity index (χ4n) is 1.86. The lowest BCUT2D eigenvalue weighted by atomic mass is 10.2. The first-order chi connectivity index (χ1) is 10.8. The highest BCUT2D eigenvalue weighted by Gasteiger charge is 2.09. The number of aliphatic imine (C=N–C) groups is 1. The van der Waals surface area contributed by atoms with Crippen LogP contribution in [0.15, 0.2) is 34.2 Å². The zero-order valence-corrected chi connectivity index (χ0v) is 15.9. The summed E-state index contributed by atoms with van der Waals surface area (Å²) in [6, 6.07) is 8.53. The maximum Gasteiger partial charge on any atom is 0.191 e. The molecule has 1 aromatic rings. The van der Waals surface area contributed by atoms with Crippen molar-refractivity contribution in [2.45, 2.75) is 31.2 Å². The molecule has 0 saturated heterocycles. The Morgan fingerprint density at radius 2 is 1.96 bits per heavy atom. The fraction of sp³-hybridized carbons (Fsp3) is 0.562. The molecule has 5 nitrogen and oxygen atoms in total. The summed E-state index contributed by atoms with van der Waals surface area (Å²) in [4.78, 5) is 5.42. The fourth-order valence-corrected chi connectivity index (χ4v) is 3.41. The molecule has 0 bridgehead atoms. The highest BCUT2D eigenvalue weighted by atomic mass is 32.2. The molecule has 0 aromatic heterocycles. The highest BCUT2D eigenvalue weighted by molar-refractivity contribution is 7.99. The monoisotopic (exact) mass is 357 g/mol. The Morgan fingerprint density at radius 3 is 2.52 bits per heavy atom. The van der Waals surface area contributed by atoms with Crippen molar-refractivity contribution in [2.75, 3.05) is 31.4 Å². The molecule has 0 radical (unpaired) electrons. The number of nitrogens with one attached hydrogen (secondary N) is 2. The maximum atomic E-state index is 11.2. The normalized spacial score (nSPS) is 13.7. The minimum atomic E-state index is -2.92. The Bertz CT molecular complexity index is 598. The molecule has 2 N–H and O–H groups in total. The number of rotatable bonds is 8. The van der Waals surface area contributed by atoms with Crippen LogP contribution >= 0.6 is 11.8 Å². The SMILES string of the molecule is CN=C(NCCSc1ccc(C)cc1)NC(C)CCS(C)(=O)=O. The Hall–Kier alpha value is -1.21. The van der Waals surface area contributed by atoms with Crippen LogP contribution < -0.4 is 10.6 Å². The van der Waals surface area contributed by atoms with Gasteiger partial charge in [0.2, 0.25) is 0 Å². The third-order valence-electron chi connectivity index (χ3n) is 3.21. The van der Waals surface area contributed by atoms with E-state index >= 15 is 0 Å². The van der Waals surface area contributed by atoms with Gasteiger partial charge < -0.3 is 10.6 Å². The summed E-state index contributed by atoms with van der Waals surface area (Å²) < 4.78 is 22.4. The molecule has 0 amide bonds. The van der Waals surface area contributed by atoms with E-state index in [1.807, 2.05) is 6.92 Å². The smallest absolute Gasteiger partial charge is 0.191 e. The molecular formula is C16H27N3O2S2. The second kappa shape index (κ2) is 9.82. The first-order valence-corrected chi connectivity index (χ1v) is 10.7. The summed E-state index contributed by atoms with van der Waals surface area (Å²) in [5.74, 6) is 1.82. The summed E-state index contributed by atoms with van der Waals surface area (Å²) in [6.07, 6.45) is 1.83. The van der Waals surface area contributed by atoms with Crippen LogP contribution in [0.5, 0.6) is 0 Å². The van der Waals surface area contributed by atoms with Gasteiger partial charge in [-0.1, -0.05) is 17.7 Å². The predicted molar refractivity (Wildman–Crippen MR) is 100 cm³/mol. The Kier molecular flexibility index (Phi) is 8.47. The van der Waals surface area contributed by atoms with E-state index in [1.165, 1.54) is 16.7 Å². The van der Waals surface area contributed by atoms with Gasteiger partial charge in [0.15, 0.2) is 5.96 Å². The maximum absolute atomic E-state index is 11.2. The van der Waals surface area contributed by atoms with Gasteiger partial charge >= 0.3 is 0 Å². The van der Waals surface area contributed by atoms with E-state index in [0.29, 0.717) is 12.4 Å². The van der Waals surface area contributed by atoms with Crippen molar-refractivity contribution in [1.82, 2.24) is 10.6 Å². The lowest BCUT2D eigenvalue weighted by Gasteiger charge is -2.17. The summed E-state index contributed by atoms with van der Waals surface area (Å²) >= 11 is 1.79. The van der Waals surface area contributed by atoms with Gasteiger partial charge in [0.25, 0.3) is 0 Å². The lowest BCUT2D eigenvalue weighted by Crippen LogP contribution is -2.43. The summed E-state index contributed by atoms with van der Waals surface area (Å²) in [7, 11) is -1.21. The molecule has 23 heavy (non-hydrogen) atoms. The molecule has 0 heterocycles. The van der Waals surface area contributed by atoms with Crippen molar-refractivity contribution in [3.8, 4) is 0 Å². The molecule has 1 unspecified atom stereocenters. The quantitative estimate of drug-likeness (QED) is 0.323. The molecule has 0 aliphatic heterocycles. The van der Waals surface area contributed by atoms with Crippen LogP contribution in [0.4, 0.5) is 0 Å². The summed E-state index contributed by atoms with van der Waals surface area (Å²) in [5.41, 5.74) is 1.26. The van der Waals surface area contributed by atoms with E-state index in [1.54, 1.807) is 18.8 Å². The molecule has 0 spiro atoms. The predicted octanol–water partition coefficient (Wildman–Crippen LogP) is 2.08. The van der Waals surface area contributed by atoms with Crippen molar-refractivity contribution in [2.24, 2.45) is 4.99 Å². The largest absolute Gasteiger partial charge is 0.356 e. The van der Waals surface area contributed by atoms with Gasteiger partial charge in [-0.25, -0.2) is 8.42 Å². The minimum absolute atomic E-state index is 0.0562. The topological polar surface area (TPSA) is 70.6 Å². The molecule has 0 aliphatic rings. The molecule has 0 saturated carbocycles. The van der Waals surface area contributed by atoms with Crippen LogP contribution in [0, 0.1) is 6.92 Å². The highest BCUT2D eigenvalue weighted by Crippen LogP contribution is 2.17. The Labute approximate surface area is 144 Å². The van der Waals surface area contributed by atoms with E-state index in [9.17, 15) is 8.42 Å². The van der Waals surface area contributed by atoms with Crippen LogP contribution in [-0.2, 0) is 9.84 Å². The van der Waals surface area contributed by atoms with Crippen LogP contribution in [0.2, 0.25) is 0 Å². The number of guanidine groups is 1. The second-order valence-electron chi connectivity index (χ2n) is 5.62. The van der Waals surface area contributed by atoms with E-state index in [-0.39, 0.29) is 11.8 Å². The van der Waals surface area contributed by atoms with Crippen molar-refractivity contribution in [3.63, 3.8) is 0 Å². The van der Waals surface area contributed by atoms with Crippen LogP contribution in [0.25, 0.3) is 0 Å². The van der Waals surface area contributed by atoms with E-state index in [2.05, 4.69) is 46.8 Å². The molecule has 0 aliphatic carbocycles. The lowest BCUT2D eigenvalue weighted by molar-refractivity contribution is 0.582. The van der Waals surface area contributed by atoms with Gasteiger partial charge in [-0.15, -0.1) is 11.8 Å². The van der Waals surface area contributed by atoms with Gasteiger partial charge in [-0.2, -0.15) is 0 Å². The van der Waals surface area contributed by atoms with Crippen LogP contribution in [0.1, 0.15) is 18.9 Å². The average molecular weight is 358 g/mol.